The van der Waals surface area contributed by atoms with Crippen molar-refractivity contribution in [2.45, 2.75) is 24.7 Å². The second kappa shape index (κ2) is 7.60. The van der Waals surface area contributed by atoms with Crippen LogP contribution in [0.5, 0.6) is 0 Å². The van der Waals surface area contributed by atoms with Crippen molar-refractivity contribution in [2.75, 3.05) is 13.2 Å². The van der Waals surface area contributed by atoms with Crippen molar-refractivity contribution in [3.63, 3.8) is 0 Å². The van der Waals surface area contributed by atoms with Gasteiger partial charge in [-0.2, -0.15) is 5.26 Å². The summed E-state index contributed by atoms with van der Waals surface area (Å²) in [4.78, 5) is 0.0281. The molecular weight excluding hydrogens is 300 g/mol. The van der Waals surface area contributed by atoms with Gasteiger partial charge in [0.05, 0.1) is 15.5 Å². The van der Waals surface area contributed by atoms with Gasteiger partial charge < -0.3 is 5.11 Å². The van der Waals surface area contributed by atoms with Crippen molar-refractivity contribution in [3.8, 4) is 6.07 Å². The van der Waals surface area contributed by atoms with Gasteiger partial charge in [0.15, 0.2) is 0 Å². The Labute approximate surface area is 124 Å². The molecule has 0 heterocycles. The predicted molar refractivity (Wildman–Crippen MR) is 76.8 cm³/mol. The van der Waals surface area contributed by atoms with E-state index in [0.717, 1.165) is 6.42 Å². The molecule has 0 bridgehead atoms. The molecule has 1 rings (SSSR count). The van der Waals surface area contributed by atoms with E-state index < -0.39 is 10.0 Å². The van der Waals surface area contributed by atoms with E-state index >= 15 is 0 Å². The first-order valence-corrected chi connectivity index (χ1v) is 8.10. The van der Waals surface area contributed by atoms with Crippen LogP contribution in [0.4, 0.5) is 0 Å². The first-order valence-electron chi connectivity index (χ1n) is 6.24. The number of aliphatic hydroxyl groups excluding tert-OH is 1. The van der Waals surface area contributed by atoms with Crippen LogP contribution in [0.25, 0.3) is 0 Å². The van der Waals surface area contributed by atoms with Gasteiger partial charge in [0, 0.05) is 13.2 Å². The minimum atomic E-state index is -3.66. The molecule has 0 fully saturated rings. The number of nitriles is 1. The summed E-state index contributed by atoms with van der Waals surface area (Å²) < 4.78 is 26.7. The van der Waals surface area contributed by atoms with E-state index in [1.807, 2.05) is 13.0 Å². The number of hydrogen-bond acceptors (Lipinski definition) is 4. The minimum Gasteiger partial charge on any atom is -0.396 e. The molecule has 1 aromatic carbocycles. The van der Waals surface area contributed by atoms with Crippen molar-refractivity contribution in [2.24, 2.45) is 5.92 Å². The Morgan fingerprint density at radius 1 is 1.50 bits per heavy atom. The van der Waals surface area contributed by atoms with Crippen LogP contribution in [-0.4, -0.2) is 26.7 Å². The number of halogens is 1. The largest absolute Gasteiger partial charge is 0.396 e. The molecule has 0 aromatic heterocycles. The summed E-state index contributed by atoms with van der Waals surface area (Å²) in [6.45, 7) is 2.23. The SMILES string of the molecule is CCC(CCO)CNS(=O)(=O)c1ccc(C#N)c(Cl)c1. The normalized spacial score (nSPS) is 12.9. The lowest BCUT2D eigenvalue weighted by atomic mass is 10.0. The summed E-state index contributed by atoms with van der Waals surface area (Å²) in [5.41, 5.74) is 0.234. The molecule has 0 aliphatic carbocycles. The van der Waals surface area contributed by atoms with Crippen LogP contribution in [0.3, 0.4) is 0 Å². The Kier molecular flexibility index (Phi) is 6.43. The number of aliphatic hydroxyl groups is 1. The van der Waals surface area contributed by atoms with Crippen LogP contribution in [0.15, 0.2) is 23.1 Å². The van der Waals surface area contributed by atoms with E-state index in [1.165, 1.54) is 18.2 Å². The van der Waals surface area contributed by atoms with Gasteiger partial charge in [-0.1, -0.05) is 24.9 Å². The van der Waals surface area contributed by atoms with E-state index in [-0.39, 0.29) is 34.6 Å². The van der Waals surface area contributed by atoms with Gasteiger partial charge in [0.2, 0.25) is 10.0 Å². The van der Waals surface area contributed by atoms with Crippen LogP contribution in [0.1, 0.15) is 25.3 Å². The molecular formula is C13H17ClN2O3S. The lowest BCUT2D eigenvalue weighted by Gasteiger charge is -2.14. The van der Waals surface area contributed by atoms with Crippen LogP contribution in [0.2, 0.25) is 5.02 Å². The fourth-order valence-electron chi connectivity index (χ4n) is 1.70. The zero-order valence-corrected chi connectivity index (χ0v) is 12.7. The van der Waals surface area contributed by atoms with E-state index in [9.17, 15) is 8.42 Å². The van der Waals surface area contributed by atoms with Crippen LogP contribution >= 0.6 is 11.6 Å². The second-order valence-corrected chi connectivity index (χ2v) is 6.57. The van der Waals surface area contributed by atoms with Crippen LogP contribution < -0.4 is 4.72 Å². The molecule has 0 spiro atoms. The van der Waals surface area contributed by atoms with Gasteiger partial charge in [0.1, 0.15) is 6.07 Å². The fourth-order valence-corrected chi connectivity index (χ4v) is 3.13. The average molecular weight is 317 g/mol. The highest BCUT2D eigenvalue weighted by Gasteiger charge is 2.17. The van der Waals surface area contributed by atoms with Crippen molar-refractivity contribution in [1.29, 1.82) is 5.26 Å². The quantitative estimate of drug-likeness (QED) is 0.804. The van der Waals surface area contributed by atoms with E-state index in [0.29, 0.717) is 6.42 Å². The summed E-state index contributed by atoms with van der Waals surface area (Å²) in [5.74, 6) is 0.0867. The average Bonchev–Trinajstić information content (AvgIpc) is 2.43. The van der Waals surface area contributed by atoms with Crippen molar-refractivity contribution >= 4 is 21.6 Å². The van der Waals surface area contributed by atoms with Crippen LogP contribution in [-0.2, 0) is 10.0 Å². The maximum atomic E-state index is 12.1. The van der Waals surface area contributed by atoms with Gasteiger partial charge in [-0.05, 0) is 30.5 Å². The smallest absolute Gasteiger partial charge is 0.240 e. The third-order valence-corrected chi connectivity index (χ3v) is 4.78. The topological polar surface area (TPSA) is 90.2 Å². The first kappa shape index (κ1) is 16.9. The zero-order valence-electron chi connectivity index (χ0n) is 11.1. The number of sulfonamides is 1. The molecule has 5 nitrogen and oxygen atoms in total. The van der Waals surface area contributed by atoms with Gasteiger partial charge in [-0.3, -0.25) is 0 Å². The highest BCUT2D eigenvalue weighted by molar-refractivity contribution is 7.89. The van der Waals surface area contributed by atoms with Gasteiger partial charge in [-0.25, -0.2) is 13.1 Å². The molecule has 0 radical (unpaired) electrons. The van der Waals surface area contributed by atoms with Gasteiger partial charge >= 0.3 is 0 Å². The third-order valence-electron chi connectivity index (χ3n) is 3.05. The molecule has 110 valence electrons. The zero-order chi connectivity index (χ0) is 15.2. The van der Waals surface area contributed by atoms with Gasteiger partial charge in [0.25, 0.3) is 0 Å². The summed E-state index contributed by atoms with van der Waals surface area (Å²) in [6, 6.07) is 5.86. The number of nitrogens with one attached hydrogen (secondary N) is 1. The molecule has 7 heteroatoms. The standard InChI is InChI=1S/C13H17ClN2O3S/c1-2-10(5-6-17)9-16-20(18,19)12-4-3-11(8-15)13(14)7-12/h3-4,7,10,16-17H,2,5-6,9H2,1H3. The van der Waals surface area contributed by atoms with Crippen molar-refractivity contribution < 1.29 is 13.5 Å². The summed E-state index contributed by atoms with van der Waals surface area (Å²) >= 11 is 5.83. The Morgan fingerprint density at radius 2 is 2.20 bits per heavy atom. The van der Waals surface area contributed by atoms with Crippen molar-refractivity contribution in [1.82, 2.24) is 4.72 Å². The molecule has 1 atom stereocenters. The summed E-state index contributed by atoms with van der Waals surface area (Å²) in [5, 5.41) is 17.7. The van der Waals surface area contributed by atoms with Crippen molar-refractivity contribution in [3.05, 3.63) is 28.8 Å². The molecule has 0 saturated carbocycles. The maximum absolute atomic E-state index is 12.1. The molecule has 1 unspecified atom stereocenters. The molecule has 2 N–H and O–H groups in total. The summed E-state index contributed by atoms with van der Waals surface area (Å²) in [6.07, 6.45) is 1.32. The molecule has 1 aromatic rings. The second-order valence-electron chi connectivity index (χ2n) is 4.39. The first-order chi connectivity index (χ1) is 9.44. The molecule has 0 saturated heterocycles. The minimum absolute atomic E-state index is 0.0281. The number of nitrogens with zero attached hydrogens (tertiary/aromatic N) is 1. The van der Waals surface area contributed by atoms with E-state index in [2.05, 4.69) is 4.72 Å². The van der Waals surface area contributed by atoms with E-state index in [1.54, 1.807) is 0 Å². The predicted octanol–water partition coefficient (Wildman–Crippen LogP) is 1.90. The van der Waals surface area contributed by atoms with Gasteiger partial charge in [-0.15, -0.1) is 0 Å². The molecule has 0 amide bonds. The Balaban J connectivity index is 2.84. The Bertz CT molecular complexity index is 596. The van der Waals surface area contributed by atoms with E-state index in [4.69, 9.17) is 22.0 Å². The number of hydrogen-bond donors (Lipinski definition) is 2. The Morgan fingerprint density at radius 3 is 2.70 bits per heavy atom. The number of rotatable bonds is 7. The number of benzene rings is 1. The Hall–Kier alpha value is -1.13. The third kappa shape index (κ3) is 4.46. The monoisotopic (exact) mass is 316 g/mol. The molecule has 0 aliphatic rings. The molecule has 0 aliphatic heterocycles. The molecule has 20 heavy (non-hydrogen) atoms. The fraction of sp³-hybridized carbons (Fsp3) is 0.462. The lowest BCUT2D eigenvalue weighted by Crippen LogP contribution is -2.29. The lowest BCUT2D eigenvalue weighted by molar-refractivity contribution is 0.254. The highest BCUT2D eigenvalue weighted by Crippen LogP contribution is 2.20. The highest BCUT2D eigenvalue weighted by atomic mass is 35.5. The van der Waals surface area contributed by atoms with Crippen LogP contribution in [0, 0.1) is 17.2 Å². The maximum Gasteiger partial charge on any atom is 0.240 e. The summed E-state index contributed by atoms with van der Waals surface area (Å²) in [7, 11) is -3.66.